The minimum Gasteiger partial charge on any atom is -0.497 e. The van der Waals surface area contributed by atoms with Crippen molar-refractivity contribution in [3.63, 3.8) is 0 Å². The number of allylic oxidation sites excluding steroid dienone is 2. The highest BCUT2D eigenvalue weighted by molar-refractivity contribution is 14.1. The van der Waals surface area contributed by atoms with Gasteiger partial charge in [0.25, 0.3) is 0 Å². The van der Waals surface area contributed by atoms with Gasteiger partial charge in [-0.25, -0.2) is 5.43 Å². The first-order valence-corrected chi connectivity index (χ1v) is 36.8. The first-order valence-electron chi connectivity index (χ1n) is 32.5. The highest BCUT2D eigenvalue weighted by Crippen LogP contribution is 2.50. The van der Waals surface area contributed by atoms with Crippen molar-refractivity contribution in [1.29, 1.82) is 0 Å². The lowest BCUT2D eigenvalue weighted by atomic mass is 9.72. The van der Waals surface area contributed by atoms with Gasteiger partial charge in [-0.2, -0.15) is 10.6 Å². The van der Waals surface area contributed by atoms with Crippen molar-refractivity contribution < 1.29 is 111 Å². The van der Waals surface area contributed by atoms with Crippen LogP contribution in [0.2, 0.25) is 0 Å². The first kappa shape index (κ1) is 80.8. The standard InChI is InChI=1S/C69H91IN4O23S3/c1-15-71-43-33-90-50(30-47(43)85-10)95-62-57(80)55(74-97-51-29-44(75)64(38(6)91-51)99-65(82)52-34(2)54(70)60(63(89-14)59(52)87-12)96-66-58(81)61(88-13)56(79)37(5)93-66)36(4)92-67(62)94-46-20-18-16-17-19-26-69(83)31-45(76)41(28-49(78)86-11)53(46)42(69)25-27-98-100-68(7,8)32-48(77)73-72-35(3)39-21-23-40(84-9)24-22-39/h16-17,21-25,36-38,43-44,46-47,50-51,55-58,61-62,64,66-67,71,74-75,79-81,83H,15,27-33H2,1-14H3,(H,73,77)/b17-16-,42-25+,72-35+/t36-,37+,38-,43+,44+,46+,47+,50+,51+,55-,56+,57+,58-,61-,62-,64-,66+,67+,69+/m1/s1. The number of hydroxylamine groups is 1. The van der Waals surface area contributed by atoms with E-state index in [0.717, 1.165) is 17.3 Å². The number of carbonyl (C=O) groups is 4. The minimum atomic E-state index is -2.14. The molecule has 6 aliphatic rings. The maximum Gasteiger partial charge on any atom is 0.310 e. The predicted molar refractivity (Wildman–Crippen MR) is 379 cm³/mol. The van der Waals surface area contributed by atoms with E-state index in [-0.39, 0.29) is 83.1 Å². The highest BCUT2D eigenvalue weighted by atomic mass is 127. The van der Waals surface area contributed by atoms with Crippen molar-refractivity contribution in [2.75, 3.05) is 61.6 Å². The topological polar surface area (TPSA) is 347 Å². The number of halogens is 1. The monoisotopic (exact) mass is 1570 g/mol. The van der Waals surface area contributed by atoms with E-state index in [2.05, 4.69) is 45.0 Å². The molecule has 1 amide bonds. The lowest BCUT2D eigenvalue weighted by Crippen LogP contribution is -2.65. The minimum absolute atomic E-state index is 0.0155. The number of thioether (sulfide) groups is 1. The fourth-order valence-corrected chi connectivity index (χ4v) is 16.4. The Morgan fingerprint density at radius 3 is 2.22 bits per heavy atom. The summed E-state index contributed by atoms with van der Waals surface area (Å²) in [5, 5.41) is 65.2. The number of hydrogen-bond acceptors (Lipinski definition) is 29. The number of methoxy groups -OCH3 is 6. The SMILES string of the molecule is CCN[C@H]1CO[C@@H](O[C@H]2[C@H](O[C@H]3C#C/C=C\C#C[C@]4(O)CC(=O)C(CC(=O)OC)=C3/C4=C\CSSC(C)(C)CC(=O)N/N=C(\C)c3ccc(OC)cc3)O[C@H](C)[C@@H](NO[C@H]3C[C@H](O)[C@H](SC(=O)c4c(C)c(I)c(O[C@@H]5O[C@@H](C)[C@H](O)[C@@H](OC)[C@H]5O)c(OC)c4OC)[C@@H](C)O3)[C@@H]2O)C[C@@H]1OC. The third kappa shape index (κ3) is 19.5. The Morgan fingerprint density at radius 1 is 0.850 bits per heavy atom. The molecule has 8 N–H and O–H groups in total. The number of Topliss-reactive ketones (excluding diaryl/α,β-unsaturated/α-hetero) is 1. The van der Waals surface area contributed by atoms with E-state index in [1.165, 1.54) is 62.2 Å². The average Bonchev–Trinajstić information content (AvgIpc) is 0.759. The summed E-state index contributed by atoms with van der Waals surface area (Å²) in [5.74, 6) is 10.9. The van der Waals surface area contributed by atoms with E-state index in [1.54, 1.807) is 67.0 Å². The number of ether oxygens (including phenoxy) is 13. The fraction of sp³-hybridized carbons (Fsp3) is 0.609. The van der Waals surface area contributed by atoms with E-state index in [4.69, 9.17) is 66.4 Å². The average molecular weight is 1570 g/mol. The van der Waals surface area contributed by atoms with Crippen molar-refractivity contribution in [2.45, 2.75) is 207 Å². The van der Waals surface area contributed by atoms with Gasteiger partial charge in [0, 0.05) is 60.7 Å². The number of nitrogens with one attached hydrogen (secondary N) is 3. The number of benzene rings is 2. The van der Waals surface area contributed by atoms with E-state index in [0.29, 0.717) is 27.1 Å². The predicted octanol–water partition coefficient (Wildman–Crippen LogP) is 4.89. The molecule has 4 heterocycles. The summed E-state index contributed by atoms with van der Waals surface area (Å²) in [6.45, 7) is 14.9. The number of aliphatic hydroxyl groups is 5. The highest BCUT2D eigenvalue weighted by Gasteiger charge is 2.52. The summed E-state index contributed by atoms with van der Waals surface area (Å²) in [6.07, 6.45) is -13.8. The van der Waals surface area contributed by atoms with Crippen LogP contribution in [0, 0.1) is 34.2 Å². The van der Waals surface area contributed by atoms with E-state index in [1.807, 2.05) is 55.5 Å². The Morgan fingerprint density at radius 2 is 1.56 bits per heavy atom. The van der Waals surface area contributed by atoms with Crippen LogP contribution in [-0.4, -0.2) is 236 Å². The normalized spacial score (nSPS) is 32.3. The molecule has 0 unspecified atom stereocenters. The quantitative estimate of drug-likeness (QED) is 0.0107. The van der Waals surface area contributed by atoms with Gasteiger partial charge in [-0.1, -0.05) is 70.0 Å². The molecular formula is C69H91IN4O23S3. The van der Waals surface area contributed by atoms with E-state index < -0.39 is 144 Å². The molecule has 0 aromatic heterocycles. The third-order valence-corrected chi connectivity index (χ3v) is 23.4. The van der Waals surface area contributed by atoms with Gasteiger partial charge in [-0.05, 0) is 125 Å². The number of rotatable bonds is 28. The molecule has 2 aromatic carbocycles. The van der Waals surface area contributed by atoms with Crippen LogP contribution in [0.15, 0.2) is 64.3 Å². The molecule has 4 saturated heterocycles. The molecule has 0 saturated carbocycles. The number of hydrazone groups is 1. The summed E-state index contributed by atoms with van der Waals surface area (Å²) >= 11 is 2.81. The van der Waals surface area contributed by atoms with E-state index >= 15 is 0 Å². The lowest BCUT2D eigenvalue weighted by molar-refractivity contribution is -0.336. The van der Waals surface area contributed by atoms with Crippen LogP contribution in [0.5, 0.6) is 23.0 Å². The molecule has 4 fully saturated rings. The number of fused-ring (bicyclic) bond motifs is 2. The molecule has 8 rings (SSSR count). The van der Waals surface area contributed by atoms with E-state index in [9.17, 15) is 44.7 Å². The van der Waals surface area contributed by atoms with Crippen LogP contribution < -0.4 is 35.2 Å². The molecule has 550 valence electrons. The zero-order valence-electron chi connectivity index (χ0n) is 58.2. The Bertz CT molecular complexity index is 3470. The van der Waals surface area contributed by atoms with Crippen LogP contribution in [0.25, 0.3) is 0 Å². The number of hydrogen-bond donors (Lipinski definition) is 8. The van der Waals surface area contributed by atoms with Gasteiger partial charge in [-0.15, -0.1) is 0 Å². The maximum atomic E-state index is 14.5. The summed E-state index contributed by atoms with van der Waals surface area (Å²) in [7, 11) is 11.2. The van der Waals surface area contributed by atoms with Gasteiger partial charge < -0.3 is 92.4 Å². The van der Waals surface area contributed by atoms with Crippen LogP contribution in [0.4, 0.5) is 0 Å². The van der Waals surface area contributed by atoms with Gasteiger partial charge >= 0.3 is 5.97 Å². The number of aliphatic hydroxyl groups excluding tert-OH is 4. The number of likely N-dealkylation sites (N-methyl/N-ethyl adjacent to an activating group) is 1. The summed E-state index contributed by atoms with van der Waals surface area (Å²) in [5.41, 5.74) is 5.43. The van der Waals surface area contributed by atoms with Gasteiger partial charge in [0.05, 0.1) is 111 Å². The molecule has 0 spiro atoms. The Hall–Kier alpha value is -4.93. The Balaban J connectivity index is 1.02. The number of amides is 1. The molecule has 19 atom stereocenters. The zero-order valence-corrected chi connectivity index (χ0v) is 62.8. The van der Waals surface area contributed by atoms with Gasteiger partial charge in [0.1, 0.15) is 42.4 Å². The molecule has 100 heavy (non-hydrogen) atoms. The summed E-state index contributed by atoms with van der Waals surface area (Å²) in [6, 6.07) is 5.94. The molecule has 31 heteroatoms. The lowest BCUT2D eigenvalue weighted by Gasteiger charge is -2.46. The fourth-order valence-electron chi connectivity index (χ4n) is 12.3. The van der Waals surface area contributed by atoms with Crippen LogP contribution in [-0.2, 0) is 61.9 Å². The zero-order chi connectivity index (χ0) is 72.9. The molecule has 2 bridgehead atoms. The second-order valence-corrected chi connectivity index (χ2v) is 30.3. The Labute approximate surface area is 608 Å². The maximum absolute atomic E-state index is 14.5. The Kier molecular flexibility index (Phi) is 29.6. The summed E-state index contributed by atoms with van der Waals surface area (Å²) < 4.78 is 77.9. The van der Waals surface area contributed by atoms with Crippen molar-refractivity contribution in [3.8, 4) is 46.7 Å². The van der Waals surface area contributed by atoms with Gasteiger partial charge in [-0.3, -0.25) is 24.0 Å². The van der Waals surface area contributed by atoms with Gasteiger partial charge in [0.15, 0.2) is 41.8 Å². The smallest absolute Gasteiger partial charge is 0.310 e. The van der Waals surface area contributed by atoms with Crippen LogP contribution in [0.3, 0.4) is 0 Å². The molecule has 27 nitrogen and oxygen atoms in total. The van der Waals surface area contributed by atoms with Crippen molar-refractivity contribution in [2.24, 2.45) is 5.10 Å². The number of ketones is 1. The van der Waals surface area contributed by atoms with Crippen molar-refractivity contribution in [3.05, 3.63) is 79.5 Å². The van der Waals surface area contributed by atoms with Crippen LogP contribution in [0.1, 0.15) is 102 Å². The largest absolute Gasteiger partial charge is 0.497 e. The second kappa shape index (κ2) is 36.7. The molecule has 2 aliphatic carbocycles. The number of nitrogens with zero attached hydrogens (tertiary/aromatic N) is 1. The first-order chi connectivity index (χ1) is 47.6. The molecular weight excluding hydrogens is 1480 g/mol. The second-order valence-electron chi connectivity index (χ2n) is 25.1. The molecule has 4 aliphatic heterocycles. The molecule has 0 radical (unpaired) electrons. The molecule has 2 aromatic rings. The van der Waals surface area contributed by atoms with Crippen molar-refractivity contribution >= 4 is 84.4 Å². The van der Waals surface area contributed by atoms with Crippen LogP contribution >= 0.6 is 55.9 Å². The van der Waals surface area contributed by atoms with Gasteiger partial charge in [0.2, 0.25) is 23.1 Å². The van der Waals surface area contributed by atoms with Crippen molar-refractivity contribution in [1.82, 2.24) is 16.2 Å². The third-order valence-electron chi connectivity index (χ3n) is 17.6. The summed E-state index contributed by atoms with van der Waals surface area (Å²) in [4.78, 5) is 61.8. The number of carbonyl (C=O) groups excluding carboxylic acids is 4. The number of esters is 1.